The molecule has 4 heavy (non-hydrogen) atoms. The van der Waals surface area contributed by atoms with Gasteiger partial charge in [0.1, 0.15) is 0 Å². The van der Waals surface area contributed by atoms with Gasteiger partial charge in [0.25, 0.3) is 0 Å². The van der Waals surface area contributed by atoms with Gasteiger partial charge in [-0.05, 0) is 0 Å². The van der Waals surface area contributed by atoms with Crippen molar-refractivity contribution in [2.45, 2.75) is 0 Å². The standard InChI is InChI=1S/Ho.3HI/h;3*1H/q+3;;;/p-3. The van der Waals surface area contributed by atoms with E-state index in [9.17, 15) is 0 Å². The first kappa shape index (κ1) is 7.45. The number of hydrogen-bond acceptors (Lipinski definition) is 0. The van der Waals surface area contributed by atoms with Crippen LogP contribution in [0.1, 0.15) is 0 Å². The van der Waals surface area contributed by atoms with Crippen LogP contribution in [0.15, 0.2) is 0 Å². The topological polar surface area (TPSA) is 0 Å². The van der Waals surface area contributed by atoms with Crippen molar-refractivity contribution in [3.05, 3.63) is 0 Å². The summed E-state index contributed by atoms with van der Waals surface area (Å²) in [4.78, 5) is 0. The van der Waals surface area contributed by atoms with Crippen LogP contribution in [-0.4, -0.2) is 0 Å². The molecule has 0 aromatic rings. The molecule has 0 heterocycles. The molecule has 0 rings (SSSR count). The average molecular weight is 546 g/mol. The van der Waals surface area contributed by atoms with Crippen molar-refractivity contribution >= 4 is 45.0 Å². The van der Waals surface area contributed by atoms with E-state index in [-0.39, 0.29) is 16.3 Å². The van der Waals surface area contributed by atoms with Crippen LogP contribution in [-0.2, 0) is 0 Å². The van der Waals surface area contributed by atoms with Crippen LogP contribution in [0.4, 0.5) is 0 Å². The Morgan fingerprint density at radius 3 is 1.00 bits per heavy atom. The molecule has 0 radical (unpaired) electrons. The summed E-state index contributed by atoms with van der Waals surface area (Å²) in [6, 6.07) is 0. The fourth-order valence-electron chi connectivity index (χ4n) is 0. The van der Waals surface area contributed by atoms with E-state index in [1.54, 1.807) is 0 Å². The van der Waals surface area contributed by atoms with Gasteiger partial charge in [0.2, 0.25) is 0 Å². The van der Waals surface area contributed by atoms with Crippen LogP contribution in [0.25, 0.3) is 0 Å². The van der Waals surface area contributed by atoms with Crippen LogP contribution in [0.2, 0.25) is 0 Å². The summed E-state index contributed by atoms with van der Waals surface area (Å²) in [7, 11) is 0. The second kappa shape index (κ2) is 4.60. The molecule has 0 aromatic carbocycles. The molecular weight excluding hydrogens is 546 g/mol. The number of halogens is 3. The summed E-state index contributed by atoms with van der Waals surface area (Å²) < 4.78 is 0. The first-order valence-electron chi connectivity index (χ1n) is 0.342. The van der Waals surface area contributed by atoms with Crippen LogP contribution in [0.5, 0.6) is 0 Å². The summed E-state index contributed by atoms with van der Waals surface area (Å²) in [6.45, 7) is 0. The molecule has 0 aliphatic carbocycles. The van der Waals surface area contributed by atoms with Gasteiger partial charge < -0.3 is 0 Å². The predicted octanol–water partition coefficient (Wildman–Crippen LogP) is 2.66. The van der Waals surface area contributed by atoms with Crippen LogP contribution >= 0.6 is 45.0 Å². The Morgan fingerprint density at radius 1 is 1.00 bits per heavy atom. The van der Waals surface area contributed by atoms with Crippen molar-refractivity contribution in [1.82, 2.24) is 0 Å². The van der Waals surface area contributed by atoms with Gasteiger partial charge in [-0.25, -0.2) is 0 Å². The van der Waals surface area contributed by atoms with Crippen molar-refractivity contribution in [2.75, 3.05) is 0 Å². The van der Waals surface area contributed by atoms with Gasteiger partial charge in [-0.2, -0.15) is 0 Å². The van der Waals surface area contributed by atoms with E-state index in [0.717, 1.165) is 0 Å². The second-order valence-corrected chi connectivity index (χ2v) is 43.1. The van der Waals surface area contributed by atoms with Gasteiger partial charge in [-0.1, -0.05) is 0 Å². The van der Waals surface area contributed by atoms with Gasteiger partial charge in [0.05, 0.1) is 0 Å². The van der Waals surface area contributed by atoms with Gasteiger partial charge in [-0.15, -0.1) is 0 Å². The Hall–Kier alpha value is 3.45. The van der Waals surface area contributed by atoms with E-state index >= 15 is 0 Å². The molecule has 0 N–H and O–H groups in total. The van der Waals surface area contributed by atoms with Crippen LogP contribution < -0.4 is 0 Å². The number of rotatable bonds is 0. The zero-order valence-corrected chi connectivity index (χ0v) is 9.84. The zero-order valence-electron chi connectivity index (χ0n) is 1.44. The van der Waals surface area contributed by atoms with Crippen molar-refractivity contribution in [3.8, 4) is 0 Å². The third-order valence-corrected chi connectivity index (χ3v) is 0. The summed E-state index contributed by atoms with van der Waals surface area (Å²) in [5.74, 6) is 0. The summed E-state index contributed by atoms with van der Waals surface area (Å²) in [6.07, 6.45) is 0. The Bertz CT molecular complexity index is 8.00. The van der Waals surface area contributed by atoms with Gasteiger partial charge in [-0.3, -0.25) is 0 Å². The molecule has 0 spiro atoms. The van der Waals surface area contributed by atoms with E-state index < -0.39 is 0 Å². The van der Waals surface area contributed by atoms with Crippen LogP contribution in [0.3, 0.4) is 0 Å². The second-order valence-electron chi connectivity index (χ2n) is 0.129. The summed E-state index contributed by atoms with van der Waals surface area (Å²) >= 11 is 7.10. The molecule has 0 unspecified atom stereocenters. The van der Waals surface area contributed by atoms with E-state index in [2.05, 4.69) is 45.0 Å². The molecule has 32 valence electrons. The minimum atomic E-state index is -0.294. The molecule has 0 nitrogen and oxygen atoms in total. The SMILES string of the molecule is [I][Ho]([I])[I]. The quantitative estimate of drug-likeness (QED) is 0.325. The molecule has 0 aromatic heterocycles. The zero-order chi connectivity index (χ0) is 3.58. The monoisotopic (exact) mass is 546 g/mol. The van der Waals surface area contributed by atoms with Crippen molar-refractivity contribution in [1.29, 1.82) is 0 Å². The maximum atomic E-state index is 2.46. The van der Waals surface area contributed by atoms with E-state index in [1.165, 1.54) is 0 Å². The van der Waals surface area contributed by atoms with E-state index in [1.807, 2.05) is 0 Å². The fraction of sp³-hybridized carbons (Fsp3) is 0. The van der Waals surface area contributed by atoms with Gasteiger partial charge in [0.15, 0.2) is 0 Å². The van der Waals surface area contributed by atoms with Gasteiger partial charge in [0, 0.05) is 0 Å². The summed E-state index contributed by atoms with van der Waals surface area (Å²) in [5, 5.41) is 0. The fourth-order valence-corrected chi connectivity index (χ4v) is 0. The minimum absolute atomic E-state index is 0.294. The normalized spacial score (nSPS) is 11.2. The predicted molar refractivity (Wildman–Crippen MR) is 42.1 cm³/mol. The molecule has 4 heteroatoms. The van der Waals surface area contributed by atoms with Crippen molar-refractivity contribution in [3.63, 3.8) is 0 Å². The molecular formula is HoI3. The molecule has 0 saturated carbocycles. The third kappa shape index (κ3) is 9.07. The van der Waals surface area contributed by atoms with Gasteiger partial charge >= 0.3 is 61.3 Å². The van der Waals surface area contributed by atoms with Crippen molar-refractivity contribution in [2.24, 2.45) is 0 Å². The number of hydrogen-bond donors (Lipinski definition) is 0. The Labute approximate surface area is 58.5 Å². The van der Waals surface area contributed by atoms with E-state index in [4.69, 9.17) is 0 Å². The Morgan fingerprint density at radius 2 is 1.00 bits per heavy atom. The average Bonchev–Trinajstić information content (AvgIpc) is 0.811. The summed E-state index contributed by atoms with van der Waals surface area (Å²) in [5.41, 5.74) is 0. The Balaban J connectivity index is 2.32. The first-order valence-corrected chi connectivity index (χ1v) is 17.0. The van der Waals surface area contributed by atoms with E-state index in [0.29, 0.717) is 0 Å². The molecule has 0 bridgehead atoms. The molecule has 0 atom stereocenters. The molecule has 0 fully saturated rings. The molecule has 0 saturated heterocycles. The molecule has 0 amide bonds. The molecule has 0 aliphatic rings. The molecule has 0 aliphatic heterocycles. The maximum absolute atomic E-state index is 2.46. The Kier molecular flexibility index (Phi) is 8.58. The first-order chi connectivity index (χ1) is 1.73. The van der Waals surface area contributed by atoms with Crippen molar-refractivity contribution < 1.29 is 16.3 Å². The third-order valence-electron chi connectivity index (χ3n) is 0. The van der Waals surface area contributed by atoms with Crippen LogP contribution in [0, 0.1) is 16.3 Å².